The van der Waals surface area contributed by atoms with Gasteiger partial charge in [-0.25, -0.2) is 4.39 Å². The van der Waals surface area contributed by atoms with Crippen molar-refractivity contribution in [2.24, 2.45) is 5.92 Å². The third-order valence-electron chi connectivity index (χ3n) is 5.79. The first-order valence-corrected chi connectivity index (χ1v) is 10.6. The molecule has 6 heteroatoms. The molecule has 32 heavy (non-hydrogen) atoms. The third-order valence-corrected chi connectivity index (χ3v) is 5.79. The van der Waals surface area contributed by atoms with E-state index in [0.717, 1.165) is 18.4 Å². The van der Waals surface area contributed by atoms with Crippen LogP contribution in [0.2, 0.25) is 0 Å². The maximum Gasteiger partial charge on any atom is 1.00 e. The Morgan fingerprint density at radius 3 is 2.38 bits per heavy atom. The molecular formula is C26H30FNaO4. The van der Waals surface area contributed by atoms with Crippen LogP contribution >= 0.6 is 0 Å². The minimum Gasteiger partial charge on any atom is -1.00 e. The largest absolute Gasteiger partial charge is 1.00 e. The van der Waals surface area contributed by atoms with Crippen molar-refractivity contribution in [2.45, 2.75) is 51.7 Å². The van der Waals surface area contributed by atoms with Gasteiger partial charge in [0.2, 0.25) is 0 Å². The van der Waals surface area contributed by atoms with Gasteiger partial charge in [-0.2, -0.15) is 0 Å². The normalized spacial score (nSPS) is 17.7. The van der Waals surface area contributed by atoms with E-state index < -0.39 is 18.2 Å². The zero-order valence-electron chi connectivity index (χ0n) is 19.9. The van der Waals surface area contributed by atoms with Crippen molar-refractivity contribution in [2.75, 3.05) is 0 Å². The van der Waals surface area contributed by atoms with Crippen LogP contribution in [0.5, 0.6) is 0 Å². The number of carbonyl (C=O) groups is 1. The second-order valence-corrected chi connectivity index (χ2v) is 8.32. The average Bonchev–Trinajstić information content (AvgIpc) is 3.10. The fraction of sp³-hybridized carbons (Fsp3) is 0.346. The van der Waals surface area contributed by atoms with Gasteiger partial charge in [-0.1, -0.05) is 43.4 Å². The number of benzene rings is 2. The van der Waals surface area contributed by atoms with Crippen LogP contribution in [-0.4, -0.2) is 33.5 Å². The van der Waals surface area contributed by atoms with Crippen LogP contribution in [0.25, 0.3) is 22.3 Å². The second-order valence-electron chi connectivity index (χ2n) is 8.32. The Hall–Kier alpha value is -1.76. The molecule has 0 radical (unpaired) electrons. The van der Waals surface area contributed by atoms with Crippen molar-refractivity contribution in [3.63, 3.8) is 0 Å². The average molecular weight is 449 g/mol. The summed E-state index contributed by atoms with van der Waals surface area (Å²) in [6.45, 7) is 4.24. The number of aryl methyl sites for hydroxylation is 1. The minimum atomic E-state index is -1.05. The summed E-state index contributed by atoms with van der Waals surface area (Å²) in [6, 6.07) is 11.0. The number of carboxylic acid groups (broad SMARTS) is 1. The Labute approximate surface area is 212 Å². The van der Waals surface area contributed by atoms with E-state index in [1.54, 1.807) is 6.08 Å². The molecule has 0 saturated heterocycles. The predicted molar refractivity (Wildman–Crippen MR) is 121 cm³/mol. The molecule has 0 saturated carbocycles. The van der Waals surface area contributed by atoms with E-state index in [9.17, 15) is 19.4 Å². The summed E-state index contributed by atoms with van der Waals surface area (Å²) in [4.78, 5) is 10.3. The molecule has 4 nitrogen and oxygen atoms in total. The van der Waals surface area contributed by atoms with Crippen molar-refractivity contribution >= 4 is 5.97 Å². The van der Waals surface area contributed by atoms with Gasteiger partial charge in [-0.3, -0.25) is 4.79 Å². The molecule has 0 spiro atoms. The van der Waals surface area contributed by atoms with Crippen LogP contribution in [0, 0.1) is 18.7 Å². The Balaban J connectivity index is 0.000000314. The smallest absolute Gasteiger partial charge is 1.00 e. The van der Waals surface area contributed by atoms with Crippen molar-refractivity contribution < 1.29 is 55.5 Å². The zero-order valence-corrected chi connectivity index (χ0v) is 20.9. The Bertz CT molecular complexity index is 994. The van der Waals surface area contributed by atoms with Gasteiger partial charge in [0, 0.05) is 6.42 Å². The summed E-state index contributed by atoms with van der Waals surface area (Å²) >= 11 is 0. The molecule has 3 aliphatic rings. The zero-order chi connectivity index (χ0) is 22.5. The minimum absolute atomic E-state index is 0. The monoisotopic (exact) mass is 448 g/mol. The molecule has 1 aromatic rings. The SMILES string of the molecule is CC1CCC=C1C=CC(O)CC(O)CC(=O)O.Cc1cc2c(-c3ccc(F)cc3)cc1-2.[H-].[Na+]. The summed E-state index contributed by atoms with van der Waals surface area (Å²) in [7, 11) is 0. The molecule has 3 unspecified atom stereocenters. The summed E-state index contributed by atoms with van der Waals surface area (Å²) in [5, 5.41) is 27.4. The number of hydrogen-bond donors (Lipinski definition) is 3. The number of hydrogen-bond acceptors (Lipinski definition) is 3. The van der Waals surface area contributed by atoms with Gasteiger partial charge in [0.05, 0.1) is 18.6 Å². The number of rotatable bonds is 7. The first-order chi connectivity index (χ1) is 14.7. The molecule has 166 valence electrons. The Morgan fingerprint density at radius 1 is 1.19 bits per heavy atom. The van der Waals surface area contributed by atoms with Crippen LogP contribution < -0.4 is 29.6 Å². The molecule has 3 N–H and O–H groups in total. The molecule has 0 aromatic heterocycles. The van der Waals surface area contributed by atoms with Gasteiger partial charge in [-0.15, -0.1) is 0 Å². The molecule has 0 bridgehead atoms. The first kappa shape index (κ1) is 26.5. The fourth-order valence-electron chi connectivity index (χ4n) is 3.90. The van der Waals surface area contributed by atoms with Gasteiger partial charge in [-0.05, 0) is 77.3 Å². The summed E-state index contributed by atoms with van der Waals surface area (Å²) < 4.78 is 12.7. The number of aliphatic hydroxyl groups is 2. The van der Waals surface area contributed by atoms with Crippen LogP contribution in [0.3, 0.4) is 0 Å². The van der Waals surface area contributed by atoms with E-state index in [4.69, 9.17) is 5.11 Å². The molecular weight excluding hydrogens is 418 g/mol. The molecule has 1 aromatic carbocycles. The van der Waals surface area contributed by atoms with Gasteiger partial charge in [0.25, 0.3) is 0 Å². The van der Waals surface area contributed by atoms with Crippen LogP contribution in [0.1, 0.15) is 39.6 Å². The maximum absolute atomic E-state index is 12.7. The summed E-state index contributed by atoms with van der Waals surface area (Å²) in [6.07, 6.45) is 5.78. The Kier molecular flexibility index (Phi) is 9.86. The van der Waals surface area contributed by atoms with Crippen molar-refractivity contribution in [1.29, 1.82) is 0 Å². The molecule has 0 aliphatic heterocycles. The van der Waals surface area contributed by atoms with Crippen molar-refractivity contribution in [3.8, 4) is 22.3 Å². The molecule has 0 heterocycles. The summed E-state index contributed by atoms with van der Waals surface area (Å²) in [5.74, 6) is -0.716. The molecule has 3 atom stereocenters. The van der Waals surface area contributed by atoms with Gasteiger partial charge < -0.3 is 16.7 Å². The molecule has 4 rings (SSSR count). The van der Waals surface area contributed by atoms with Crippen molar-refractivity contribution in [3.05, 3.63) is 71.6 Å². The van der Waals surface area contributed by atoms with E-state index in [-0.39, 0.29) is 49.6 Å². The third kappa shape index (κ3) is 6.87. The number of allylic oxidation sites excluding steroid dienone is 3. The van der Waals surface area contributed by atoms with Crippen LogP contribution in [0.15, 0.2) is 60.2 Å². The first-order valence-electron chi connectivity index (χ1n) is 10.6. The van der Waals surface area contributed by atoms with E-state index >= 15 is 0 Å². The van der Waals surface area contributed by atoms with Gasteiger partial charge in [0.1, 0.15) is 5.82 Å². The van der Waals surface area contributed by atoms with Gasteiger partial charge >= 0.3 is 35.5 Å². The fourth-order valence-corrected chi connectivity index (χ4v) is 3.90. The van der Waals surface area contributed by atoms with E-state index in [1.807, 2.05) is 18.2 Å². The van der Waals surface area contributed by atoms with E-state index in [1.165, 1.54) is 40.0 Å². The van der Waals surface area contributed by atoms with Gasteiger partial charge in [0.15, 0.2) is 0 Å². The number of halogens is 1. The standard InChI is InChI=1S/C13H9F.C13H20O4.Na.H/c1-8-6-13-11(8)7-12(13)9-2-4-10(14)5-3-9;1-9-3-2-4-10(9)5-6-11(14)7-12(15)8-13(16)17;;/h2-7H,1H3;4-6,9,11-12,14-15H,2-3,7-8H2,1H3,(H,16,17);;/q;;+1;-1. The quantitative estimate of drug-likeness (QED) is 0.485. The molecule has 0 amide bonds. The number of fused-ring (bicyclic) bond motifs is 1. The number of carboxylic acids is 1. The topological polar surface area (TPSA) is 77.8 Å². The number of aliphatic hydroxyl groups excluding tert-OH is 2. The number of aliphatic carboxylic acids is 1. The summed E-state index contributed by atoms with van der Waals surface area (Å²) in [5.41, 5.74) is 7.60. The predicted octanol–water partition coefficient (Wildman–Crippen LogP) is 2.38. The molecule has 0 fully saturated rings. The Morgan fingerprint density at radius 2 is 1.88 bits per heavy atom. The maximum atomic E-state index is 12.7. The second kappa shape index (κ2) is 11.9. The molecule has 3 aliphatic carbocycles. The van der Waals surface area contributed by atoms with Crippen LogP contribution in [0.4, 0.5) is 4.39 Å². The van der Waals surface area contributed by atoms with E-state index in [0.29, 0.717) is 5.92 Å². The van der Waals surface area contributed by atoms with Crippen molar-refractivity contribution in [1.82, 2.24) is 0 Å². The van der Waals surface area contributed by atoms with Crippen LogP contribution in [-0.2, 0) is 4.79 Å². The van der Waals surface area contributed by atoms with E-state index in [2.05, 4.69) is 32.1 Å².